The third-order valence-corrected chi connectivity index (χ3v) is 8.66. The number of nitrogen functional groups attached to an aromatic ring is 2. The number of hydrogen-bond donors (Lipinski definition) is 2. The van der Waals surface area contributed by atoms with Gasteiger partial charge in [-0.25, -0.2) is 0 Å². The molecule has 2 heteroatoms. The third-order valence-electron chi connectivity index (χ3n) is 8.66. The molecule has 0 heterocycles. The topological polar surface area (TPSA) is 52.0 Å². The van der Waals surface area contributed by atoms with Gasteiger partial charge in [-0.15, -0.1) is 0 Å². The SMILES string of the molecule is Cc1cc(N)ccc1C(C)c1ccc(CCCCCCCCc2ccc(C(C)c3ccc(N)cc3C)cc2)cc1. The van der Waals surface area contributed by atoms with E-state index in [0.29, 0.717) is 11.8 Å². The van der Waals surface area contributed by atoms with Gasteiger partial charge in [0, 0.05) is 23.2 Å². The fourth-order valence-electron chi connectivity index (χ4n) is 6.04. The molecule has 0 bridgehead atoms. The Balaban J connectivity index is 1.11. The molecule has 0 saturated carbocycles. The molecule has 2 nitrogen and oxygen atoms in total. The van der Waals surface area contributed by atoms with Gasteiger partial charge in [-0.05, 0) is 108 Å². The van der Waals surface area contributed by atoms with Crippen LogP contribution in [0.25, 0.3) is 0 Å². The van der Waals surface area contributed by atoms with E-state index in [-0.39, 0.29) is 0 Å². The van der Waals surface area contributed by atoms with Gasteiger partial charge in [0.2, 0.25) is 0 Å². The van der Waals surface area contributed by atoms with Crippen LogP contribution >= 0.6 is 0 Å². The summed E-state index contributed by atoms with van der Waals surface area (Å²) >= 11 is 0. The van der Waals surface area contributed by atoms with E-state index >= 15 is 0 Å². The molecule has 4 N–H and O–H groups in total. The first-order valence-electron chi connectivity index (χ1n) is 15.2. The van der Waals surface area contributed by atoms with Crippen LogP contribution in [-0.4, -0.2) is 0 Å². The molecule has 4 rings (SSSR count). The van der Waals surface area contributed by atoms with Crippen molar-refractivity contribution in [1.29, 1.82) is 0 Å². The summed E-state index contributed by atoms with van der Waals surface area (Å²) in [7, 11) is 0. The van der Waals surface area contributed by atoms with Gasteiger partial charge in [-0.1, -0.05) is 100 Å². The van der Waals surface area contributed by atoms with Gasteiger partial charge in [0.25, 0.3) is 0 Å². The Morgan fingerprint density at radius 3 is 1.18 bits per heavy atom. The minimum atomic E-state index is 0.384. The van der Waals surface area contributed by atoms with Crippen LogP contribution in [0.15, 0.2) is 84.9 Å². The summed E-state index contributed by atoms with van der Waals surface area (Å²) in [6.45, 7) is 8.87. The van der Waals surface area contributed by atoms with E-state index < -0.39 is 0 Å². The fraction of sp³-hybridized carbons (Fsp3) is 0.368. The number of anilines is 2. The van der Waals surface area contributed by atoms with Crippen LogP contribution in [0, 0.1) is 13.8 Å². The molecule has 0 aliphatic carbocycles. The van der Waals surface area contributed by atoms with Crippen LogP contribution in [0.1, 0.15) is 109 Å². The monoisotopic (exact) mass is 532 g/mol. The highest BCUT2D eigenvalue weighted by atomic mass is 14.5. The number of unbranched alkanes of at least 4 members (excludes halogenated alkanes) is 5. The molecule has 210 valence electrons. The van der Waals surface area contributed by atoms with Crippen molar-refractivity contribution in [2.75, 3.05) is 11.5 Å². The summed E-state index contributed by atoms with van der Waals surface area (Å²) in [4.78, 5) is 0. The summed E-state index contributed by atoms with van der Waals surface area (Å²) < 4.78 is 0. The lowest BCUT2D eigenvalue weighted by Gasteiger charge is -2.16. The third kappa shape index (κ3) is 8.01. The summed E-state index contributed by atoms with van der Waals surface area (Å²) in [6, 6.07) is 31.0. The van der Waals surface area contributed by atoms with Gasteiger partial charge < -0.3 is 11.5 Å². The maximum Gasteiger partial charge on any atom is 0.0316 e. The van der Waals surface area contributed by atoms with Gasteiger partial charge in [-0.3, -0.25) is 0 Å². The standard InChI is InChI=1S/C38H48N2/c1-27-25-35(39)21-23-37(27)29(3)33-17-13-31(14-18-33)11-9-7-5-6-8-10-12-32-15-19-34(20-16-32)30(4)38-24-22-36(40)26-28(38)2/h13-26,29-30H,5-12,39-40H2,1-4H3. The molecule has 0 aromatic heterocycles. The van der Waals surface area contributed by atoms with Crippen molar-refractivity contribution in [2.45, 2.75) is 90.9 Å². The molecular weight excluding hydrogens is 484 g/mol. The van der Waals surface area contributed by atoms with E-state index in [0.717, 1.165) is 11.4 Å². The predicted octanol–water partition coefficient (Wildman–Crippen LogP) is 9.90. The lowest BCUT2D eigenvalue weighted by atomic mass is 9.89. The van der Waals surface area contributed by atoms with Crippen molar-refractivity contribution in [1.82, 2.24) is 0 Å². The zero-order valence-corrected chi connectivity index (χ0v) is 25.0. The molecule has 0 aliphatic rings. The Labute approximate surface area is 242 Å². The first-order chi connectivity index (χ1) is 19.3. The van der Waals surface area contributed by atoms with Crippen LogP contribution in [0.3, 0.4) is 0 Å². The minimum Gasteiger partial charge on any atom is -0.399 e. The van der Waals surface area contributed by atoms with Crippen molar-refractivity contribution in [3.05, 3.63) is 129 Å². The second-order valence-corrected chi connectivity index (χ2v) is 11.8. The molecule has 4 aromatic carbocycles. The second kappa shape index (κ2) is 14.2. The Morgan fingerprint density at radius 1 is 0.475 bits per heavy atom. The average Bonchev–Trinajstić information content (AvgIpc) is 2.94. The van der Waals surface area contributed by atoms with Gasteiger partial charge in [0.15, 0.2) is 0 Å². The van der Waals surface area contributed by atoms with E-state index in [4.69, 9.17) is 11.5 Å². The predicted molar refractivity (Wildman–Crippen MR) is 174 cm³/mol. The number of rotatable bonds is 13. The lowest BCUT2D eigenvalue weighted by Crippen LogP contribution is -2.00. The Bertz CT molecular complexity index is 1240. The molecule has 2 atom stereocenters. The van der Waals surface area contributed by atoms with Crippen LogP contribution in [0.4, 0.5) is 11.4 Å². The largest absolute Gasteiger partial charge is 0.399 e. The highest BCUT2D eigenvalue weighted by molar-refractivity contribution is 5.48. The Morgan fingerprint density at radius 2 is 0.825 bits per heavy atom. The maximum absolute atomic E-state index is 5.93. The van der Waals surface area contributed by atoms with Crippen molar-refractivity contribution >= 4 is 11.4 Å². The molecule has 40 heavy (non-hydrogen) atoms. The van der Waals surface area contributed by atoms with E-state index in [9.17, 15) is 0 Å². The van der Waals surface area contributed by atoms with E-state index in [1.165, 1.54) is 95.9 Å². The first-order valence-corrected chi connectivity index (χ1v) is 15.2. The van der Waals surface area contributed by atoms with Crippen molar-refractivity contribution in [3.8, 4) is 0 Å². The first kappa shape index (κ1) is 29.5. The van der Waals surface area contributed by atoms with E-state index in [1.54, 1.807) is 0 Å². The Hall–Kier alpha value is -3.52. The molecule has 0 spiro atoms. The average molecular weight is 533 g/mol. The van der Waals surface area contributed by atoms with Crippen molar-refractivity contribution in [2.24, 2.45) is 0 Å². The zero-order valence-electron chi connectivity index (χ0n) is 25.0. The van der Waals surface area contributed by atoms with E-state index in [1.807, 2.05) is 12.1 Å². The fourth-order valence-corrected chi connectivity index (χ4v) is 6.04. The highest BCUT2D eigenvalue weighted by Crippen LogP contribution is 2.29. The molecular formula is C38H48N2. The van der Waals surface area contributed by atoms with Crippen LogP contribution in [0.2, 0.25) is 0 Å². The van der Waals surface area contributed by atoms with Crippen LogP contribution in [-0.2, 0) is 12.8 Å². The van der Waals surface area contributed by atoms with Gasteiger partial charge in [0.1, 0.15) is 0 Å². The number of hydrogen-bond acceptors (Lipinski definition) is 2. The van der Waals surface area contributed by atoms with Gasteiger partial charge >= 0.3 is 0 Å². The number of aryl methyl sites for hydroxylation is 4. The summed E-state index contributed by atoms with van der Waals surface area (Å²) in [5.41, 5.74) is 24.5. The molecule has 0 aliphatic heterocycles. The molecule has 0 fully saturated rings. The molecule has 0 amide bonds. The summed E-state index contributed by atoms with van der Waals surface area (Å²) in [6.07, 6.45) is 10.2. The lowest BCUT2D eigenvalue weighted by molar-refractivity contribution is 0.594. The summed E-state index contributed by atoms with van der Waals surface area (Å²) in [5.74, 6) is 0.769. The zero-order chi connectivity index (χ0) is 28.5. The maximum atomic E-state index is 5.93. The molecule has 2 unspecified atom stereocenters. The van der Waals surface area contributed by atoms with Crippen LogP contribution < -0.4 is 11.5 Å². The van der Waals surface area contributed by atoms with Crippen molar-refractivity contribution in [3.63, 3.8) is 0 Å². The minimum absolute atomic E-state index is 0.384. The molecule has 0 saturated heterocycles. The second-order valence-electron chi connectivity index (χ2n) is 11.8. The summed E-state index contributed by atoms with van der Waals surface area (Å²) in [5, 5.41) is 0. The molecule has 0 radical (unpaired) electrons. The molecule has 4 aromatic rings. The van der Waals surface area contributed by atoms with E-state index in [2.05, 4.69) is 100 Å². The van der Waals surface area contributed by atoms with Gasteiger partial charge in [0.05, 0.1) is 0 Å². The van der Waals surface area contributed by atoms with Crippen LogP contribution in [0.5, 0.6) is 0 Å². The van der Waals surface area contributed by atoms with Crippen molar-refractivity contribution < 1.29 is 0 Å². The quantitative estimate of drug-likeness (QED) is 0.133. The smallest absolute Gasteiger partial charge is 0.0316 e. The number of benzene rings is 4. The Kier molecular flexibility index (Phi) is 10.5. The normalized spacial score (nSPS) is 12.8. The van der Waals surface area contributed by atoms with Gasteiger partial charge in [-0.2, -0.15) is 0 Å². The highest BCUT2D eigenvalue weighted by Gasteiger charge is 2.12. The number of nitrogens with two attached hydrogens (primary N) is 2.